The minimum atomic E-state index is -0.162. The van der Waals surface area contributed by atoms with E-state index < -0.39 is 0 Å². The van der Waals surface area contributed by atoms with Crippen molar-refractivity contribution in [1.82, 2.24) is 5.32 Å². The smallest absolute Gasteiger partial charge is 0.251 e. The van der Waals surface area contributed by atoms with Gasteiger partial charge in [-0.05, 0) is 51.0 Å². The molecule has 0 aliphatic heterocycles. The molecule has 0 heterocycles. The number of rotatable bonds is 4. The zero-order valence-corrected chi connectivity index (χ0v) is 11.3. The Morgan fingerprint density at radius 3 is 2.47 bits per heavy atom. The van der Waals surface area contributed by atoms with Crippen molar-refractivity contribution in [3.05, 3.63) is 29.3 Å². The first-order chi connectivity index (χ1) is 7.89. The fourth-order valence-corrected chi connectivity index (χ4v) is 1.54. The van der Waals surface area contributed by atoms with Crippen LogP contribution in [-0.4, -0.2) is 18.5 Å². The maximum absolute atomic E-state index is 12.1. The summed E-state index contributed by atoms with van der Waals surface area (Å²) in [6.07, 6.45) is 0.909. The second-order valence-corrected chi connectivity index (χ2v) is 4.97. The second kappa shape index (κ2) is 5.21. The predicted molar refractivity (Wildman–Crippen MR) is 72.6 cm³/mol. The Morgan fingerprint density at radius 2 is 2.00 bits per heavy atom. The molecule has 0 aliphatic carbocycles. The Hall–Kier alpha value is -1.51. The van der Waals surface area contributed by atoms with Gasteiger partial charge in [0.25, 0.3) is 5.91 Å². The van der Waals surface area contributed by atoms with Gasteiger partial charge in [0.2, 0.25) is 0 Å². The van der Waals surface area contributed by atoms with Gasteiger partial charge in [-0.2, -0.15) is 0 Å². The maximum atomic E-state index is 12.1. The monoisotopic (exact) mass is 234 g/mol. The molecule has 0 saturated heterocycles. The van der Waals surface area contributed by atoms with Gasteiger partial charge in [0, 0.05) is 23.8 Å². The van der Waals surface area contributed by atoms with Gasteiger partial charge < -0.3 is 10.6 Å². The summed E-state index contributed by atoms with van der Waals surface area (Å²) in [6, 6.07) is 5.76. The Balaban J connectivity index is 2.90. The Kier molecular flexibility index (Phi) is 4.16. The number of nitrogens with one attached hydrogen (secondary N) is 2. The average molecular weight is 234 g/mol. The molecule has 1 aromatic carbocycles. The van der Waals surface area contributed by atoms with E-state index in [9.17, 15) is 4.79 Å². The number of amides is 1. The first-order valence-corrected chi connectivity index (χ1v) is 6.00. The Morgan fingerprint density at radius 1 is 1.35 bits per heavy atom. The minimum absolute atomic E-state index is 0.00277. The molecule has 2 N–H and O–H groups in total. The standard InChI is InChI=1S/C14H22N2O/c1-6-14(3,4)16-13(17)12-8-7-11(15-5)9-10(12)2/h7-9,15H,6H2,1-5H3,(H,16,17). The van der Waals surface area contributed by atoms with Crippen LogP contribution in [0.25, 0.3) is 0 Å². The molecule has 0 aromatic heterocycles. The van der Waals surface area contributed by atoms with E-state index in [1.54, 1.807) is 0 Å². The molecule has 0 bridgehead atoms. The van der Waals surface area contributed by atoms with Crippen molar-refractivity contribution in [2.24, 2.45) is 0 Å². The number of benzene rings is 1. The molecule has 3 nitrogen and oxygen atoms in total. The van der Waals surface area contributed by atoms with E-state index in [0.29, 0.717) is 0 Å². The summed E-state index contributed by atoms with van der Waals surface area (Å²) in [7, 11) is 1.87. The first kappa shape index (κ1) is 13.6. The Bertz CT molecular complexity index is 411. The van der Waals surface area contributed by atoms with Crippen LogP contribution in [0.4, 0.5) is 5.69 Å². The molecule has 1 rings (SSSR count). The van der Waals surface area contributed by atoms with Crippen molar-refractivity contribution in [2.75, 3.05) is 12.4 Å². The largest absolute Gasteiger partial charge is 0.388 e. The van der Waals surface area contributed by atoms with Crippen molar-refractivity contribution < 1.29 is 4.79 Å². The van der Waals surface area contributed by atoms with Gasteiger partial charge in [-0.15, -0.1) is 0 Å². The number of aryl methyl sites for hydroxylation is 1. The summed E-state index contributed by atoms with van der Waals surface area (Å²) in [5.41, 5.74) is 2.59. The summed E-state index contributed by atoms with van der Waals surface area (Å²) < 4.78 is 0. The third kappa shape index (κ3) is 3.48. The van der Waals surface area contributed by atoms with E-state index in [0.717, 1.165) is 23.2 Å². The molecule has 3 heteroatoms. The lowest BCUT2D eigenvalue weighted by Gasteiger charge is -2.25. The van der Waals surface area contributed by atoms with Gasteiger partial charge in [0.1, 0.15) is 0 Å². The molecule has 94 valence electrons. The number of hydrogen-bond donors (Lipinski definition) is 2. The van der Waals surface area contributed by atoms with Crippen molar-refractivity contribution in [2.45, 2.75) is 39.7 Å². The number of carbonyl (C=O) groups excluding carboxylic acids is 1. The van der Waals surface area contributed by atoms with E-state index in [4.69, 9.17) is 0 Å². The van der Waals surface area contributed by atoms with Crippen LogP contribution >= 0.6 is 0 Å². The highest BCUT2D eigenvalue weighted by atomic mass is 16.1. The van der Waals surface area contributed by atoms with Crippen LogP contribution in [0.1, 0.15) is 43.1 Å². The summed E-state index contributed by atoms with van der Waals surface area (Å²) in [5, 5.41) is 6.10. The zero-order valence-electron chi connectivity index (χ0n) is 11.3. The average Bonchev–Trinajstić information content (AvgIpc) is 2.28. The molecule has 0 atom stereocenters. The van der Waals surface area contributed by atoms with Crippen molar-refractivity contribution in [3.63, 3.8) is 0 Å². The lowest BCUT2D eigenvalue weighted by atomic mass is 10.00. The fourth-order valence-electron chi connectivity index (χ4n) is 1.54. The molecule has 17 heavy (non-hydrogen) atoms. The lowest BCUT2D eigenvalue weighted by Crippen LogP contribution is -2.43. The normalized spacial score (nSPS) is 11.1. The van der Waals surface area contributed by atoms with Crippen LogP contribution in [0.2, 0.25) is 0 Å². The topological polar surface area (TPSA) is 41.1 Å². The highest BCUT2D eigenvalue weighted by Crippen LogP contribution is 2.16. The van der Waals surface area contributed by atoms with E-state index in [-0.39, 0.29) is 11.4 Å². The number of carbonyl (C=O) groups is 1. The maximum Gasteiger partial charge on any atom is 0.251 e. The van der Waals surface area contributed by atoms with Crippen LogP contribution in [-0.2, 0) is 0 Å². The molecular weight excluding hydrogens is 212 g/mol. The number of anilines is 1. The molecule has 0 fully saturated rings. The zero-order chi connectivity index (χ0) is 13.1. The van der Waals surface area contributed by atoms with Gasteiger partial charge in [0.05, 0.1) is 0 Å². The molecule has 0 radical (unpaired) electrons. The third-order valence-electron chi connectivity index (χ3n) is 3.10. The summed E-state index contributed by atoms with van der Waals surface area (Å²) >= 11 is 0. The van der Waals surface area contributed by atoms with Crippen LogP contribution in [0, 0.1) is 6.92 Å². The summed E-state index contributed by atoms with van der Waals surface area (Å²) in [4.78, 5) is 12.1. The van der Waals surface area contributed by atoms with E-state index in [1.165, 1.54) is 0 Å². The van der Waals surface area contributed by atoms with Crippen LogP contribution < -0.4 is 10.6 Å². The fraction of sp³-hybridized carbons (Fsp3) is 0.500. The van der Waals surface area contributed by atoms with Crippen LogP contribution in [0.3, 0.4) is 0 Å². The van der Waals surface area contributed by atoms with Gasteiger partial charge in [-0.3, -0.25) is 4.79 Å². The van der Waals surface area contributed by atoms with Gasteiger partial charge >= 0.3 is 0 Å². The van der Waals surface area contributed by atoms with Gasteiger partial charge in [-0.25, -0.2) is 0 Å². The second-order valence-electron chi connectivity index (χ2n) is 4.97. The van der Waals surface area contributed by atoms with Crippen LogP contribution in [0.15, 0.2) is 18.2 Å². The molecule has 0 unspecified atom stereocenters. The third-order valence-corrected chi connectivity index (χ3v) is 3.10. The van der Waals surface area contributed by atoms with Crippen molar-refractivity contribution in [3.8, 4) is 0 Å². The van der Waals surface area contributed by atoms with E-state index in [2.05, 4.69) is 17.6 Å². The van der Waals surface area contributed by atoms with E-state index in [1.807, 2.05) is 46.0 Å². The molecular formula is C14H22N2O. The molecule has 0 spiro atoms. The predicted octanol–water partition coefficient (Wildman–Crippen LogP) is 2.96. The molecule has 0 aliphatic rings. The van der Waals surface area contributed by atoms with Gasteiger partial charge in [-0.1, -0.05) is 6.92 Å². The Labute approximate surface area is 104 Å². The summed E-state index contributed by atoms with van der Waals surface area (Å²) in [5.74, 6) is -0.00277. The highest BCUT2D eigenvalue weighted by Gasteiger charge is 2.19. The SMILES string of the molecule is CCC(C)(C)NC(=O)c1ccc(NC)cc1C. The highest BCUT2D eigenvalue weighted by molar-refractivity contribution is 5.96. The summed E-state index contributed by atoms with van der Waals surface area (Å²) in [6.45, 7) is 8.08. The van der Waals surface area contributed by atoms with E-state index >= 15 is 0 Å². The van der Waals surface area contributed by atoms with Crippen molar-refractivity contribution >= 4 is 11.6 Å². The van der Waals surface area contributed by atoms with Gasteiger partial charge in [0.15, 0.2) is 0 Å². The number of hydrogen-bond acceptors (Lipinski definition) is 2. The molecule has 0 saturated carbocycles. The molecule has 1 amide bonds. The van der Waals surface area contributed by atoms with Crippen LogP contribution in [0.5, 0.6) is 0 Å². The van der Waals surface area contributed by atoms with Crippen molar-refractivity contribution in [1.29, 1.82) is 0 Å². The minimum Gasteiger partial charge on any atom is -0.388 e. The quantitative estimate of drug-likeness (QED) is 0.841. The lowest BCUT2D eigenvalue weighted by molar-refractivity contribution is 0.0910. The first-order valence-electron chi connectivity index (χ1n) is 6.00. The molecule has 1 aromatic rings.